The predicted octanol–water partition coefficient (Wildman–Crippen LogP) is 2.39. The van der Waals surface area contributed by atoms with Crippen LogP contribution in [0.3, 0.4) is 0 Å². The average molecular weight is 285 g/mol. The largest absolute Gasteiger partial charge is 0.468 e. The number of H-pyrrole nitrogens is 1. The minimum Gasteiger partial charge on any atom is -0.468 e. The van der Waals surface area contributed by atoms with Gasteiger partial charge in [0.1, 0.15) is 11.4 Å². The summed E-state index contributed by atoms with van der Waals surface area (Å²) in [6.07, 6.45) is 1.95. The number of aromatic nitrogens is 1. The first-order valence-corrected chi connectivity index (χ1v) is 6.05. The van der Waals surface area contributed by atoms with E-state index in [2.05, 4.69) is 9.72 Å². The van der Waals surface area contributed by atoms with Crippen molar-refractivity contribution < 1.29 is 13.9 Å². The zero-order chi connectivity index (χ0) is 14.2. The van der Waals surface area contributed by atoms with Crippen molar-refractivity contribution >= 4 is 28.5 Å². The third-order valence-corrected chi connectivity index (χ3v) is 3.31. The van der Waals surface area contributed by atoms with Crippen molar-refractivity contribution in [3.63, 3.8) is 0 Å². The molecule has 0 radical (unpaired) electrons. The van der Waals surface area contributed by atoms with Crippen molar-refractivity contribution in [2.24, 2.45) is 5.73 Å². The topological polar surface area (TPSA) is 68.1 Å². The highest BCUT2D eigenvalue weighted by Crippen LogP contribution is 2.27. The van der Waals surface area contributed by atoms with Gasteiger partial charge in [0.25, 0.3) is 0 Å². The fourth-order valence-corrected chi connectivity index (χ4v) is 2.19. The second-order valence-electron chi connectivity index (χ2n) is 4.71. The number of carbonyl (C=O) groups is 1. The van der Waals surface area contributed by atoms with Gasteiger partial charge in [-0.15, -0.1) is 0 Å². The molecule has 0 saturated carbocycles. The van der Waals surface area contributed by atoms with Crippen LogP contribution < -0.4 is 5.73 Å². The van der Waals surface area contributed by atoms with Crippen LogP contribution in [0.5, 0.6) is 0 Å². The minimum atomic E-state index is -1.15. The normalized spacial score (nSPS) is 14.4. The smallest absolute Gasteiger partial charge is 0.325 e. The number of benzene rings is 1. The Morgan fingerprint density at radius 2 is 2.26 bits per heavy atom. The Labute approximate surface area is 114 Å². The Hall–Kier alpha value is -1.59. The number of methoxy groups -OCH3 is 1. The molecule has 1 aromatic heterocycles. The molecule has 4 nitrogen and oxygen atoms in total. The molecule has 2 rings (SSSR count). The van der Waals surface area contributed by atoms with Crippen molar-refractivity contribution in [2.75, 3.05) is 7.11 Å². The summed E-state index contributed by atoms with van der Waals surface area (Å²) in [5.74, 6) is -0.999. The number of nitrogens with one attached hydrogen (secondary N) is 1. The van der Waals surface area contributed by atoms with Crippen LogP contribution in [0.15, 0.2) is 18.3 Å². The maximum Gasteiger partial charge on any atom is 0.325 e. The van der Waals surface area contributed by atoms with Crippen molar-refractivity contribution in [3.8, 4) is 0 Å². The highest BCUT2D eigenvalue weighted by Gasteiger charge is 2.30. The molecule has 102 valence electrons. The number of ether oxygens (including phenoxy) is 1. The highest BCUT2D eigenvalue weighted by atomic mass is 35.5. The summed E-state index contributed by atoms with van der Waals surface area (Å²) < 4.78 is 18.0. The molecular weight excluding hydrogens is 271 g/mol. The Kier molecular flexibility index (Phi) is 3.52. The number of rotatable bonds is 3. The van der Waals surface area contributed by atoms with Gasteiger partial charge in [-0.25, -0.2) is 4.39 Å². The zero-order valence-electron chi connectivity index (χ0n) is 10.6. The molecule has 19 heavy (non-hydrogen) atoms. The van der Waals surface area contributed by atoms with Crippen LogP contribution in [0.1, 0.15) is 12.5 Å². The van der Waals surface area contributed by atoms with Crippen LogP contribution in [-0.2, 0) is 16.0 Å². The maximum atomic E-state index is 13.3. The van der Waals surface area contributed by atoms with Crippen molar-refractivity contribution in [1.82, 2.24) is 4.98 Å². The number of halogens is 2. The lowest BCUT2D eigenvalue weighted by atomic mass is 9.94. The van der Waals surface area contributed by atoms with E-state index >= 15 is 0 Å². The fourth-order valence-electron chi connectivity index (χ4n) is 2.02. The summed E-state index contributed by atoms with van der Waals surface area (Å²) in [6, 6.07) is 2.83. The van der Waals surface area contributed by atoms with Crippen molar-refractivity contribution in [1.29, 1.82) is 0 Å². The number of hydrogen-bond donors (Lipinski definition) is 2. The van der Waals surface area contributed by atoms with Gasteiger partial charge in [0.2, 0.25) is 0 Å². The Morgan fingerprint density at radius 1 is 1.58 bits per heavy atom. The van der Waals surface area contributed by atoms with E-state index in [9.17, 15) is 9.18 Å². The molecule has 0 fully saturated rings. The van der Waals surface area contributed by atoms with Crippen molar-refractivity contribution in [2.45, 2.75) is 18.9 Å². The summed E-state index contributed by atoms with van der Waals surface area (Å²) in [5.41, 5.74) is 6.17. The lowest BCUT2D eigenvalue weighted by Crippen LogP contribution is -2.47. The number of nitrogens with two attached hydrogens (primary N) is 1. The number of carbonyl (C=O) groups excluding carboxylic acids is 1. The highest BCUT2D eigenvalue weighted by molar-refractivity contribution is 6.31. The number of fused-ring (bicyclic) bond motifs is 1. The van der Waals surface area contributed by atoms with Crippen molar-refractivity contribution in [3.05, 3.63) is 34.7 Å². The first kappa shape index (κ1) is 13.8. The second kappa shape index (κ2) is 4.83. The lowest BCUT2D eigenvalue weighted by Gasteiger charge is -2.20. The molecule has 0 saturated heterocycles. The van der Waals surface area contributed by atoms with Crippen LogP contribution >= 0.6 is 11.6 Å². The average Bonchev–Trinajstić information content (AvgIpc) is 2.71. The van der Waals surface area contributed by atoms with Gasteiger partial charge in [-0.3, -0.25) is 4.79 Å². The van der Waals surface area contributed by atoms with E-state index in [1.165, 1.54) is 19.2 Å². The van der Waals surface area contributed by atoms with Gasteiger partial charge in [-0.2, -0.15) is 0 Å². The quantitative estimate of drug-likeness (QED) is 0.851. The summed E-state index contributed by atoms with van der Waals surface area (Å²) in [6.45, 7) is 1.59. The molecule has 6 heteroatoms. The van der Waals surface area contributed by atoms with E-state index < -0.39 is 17.3 Å². The number of aromatic amines is 1. The van der Waals surface area contributed by atoms with E-state index in [1.807, 2.05) is 0 Å². The van der Waals surface area contributed by atoms with Gasteiger partial charge in [0, 0.05) is 23.5 Å². The maximum absolute atomic E-state index is 13.3. The number of hydrogen-bond acceptors (Lipinski definition) is 3. The molecule has 1 aromatic carbocycles. The molecule has 3 N–H and O–H groups in total. The van der Waals surface area contributed by atoms with Crippen LogP contribution in [0.25, 0.3) is 10.9 Å². The van der Waals surface area contributed by atoms with Gasteiger partial charge in [-0.1, -0.05) is 11.6 Å². The summed E-state index contributed by atoms with van der Waals surface area (Å²) in [7, 11) is 1.29. The van der Waals surface area contributed by atoms with E-state index in [0.29, 0.717) is 5.52 Å². The monoisotopic (exact) mass is 284 g/mol. The SMILES string of the molecule is COC(=O)C(C)(N)Cc1c[nH]c2cc(F)c(Cl)cc12. The third-order valence-electron chi connectivity index (χ3n) is 3.02. The fraction of sp³-hybridized carbons (Fsp3) is 0.308. The standard InChI is InChI=1S/C13H14ClFN2O2/c1-13(16,12(18)19-2)5-7-6-17-11-4-10(15)9(14)3-8(7)11/h3-4,6,17H,5,16H2,1-2H3. The van der Waals surface area contributed by atoms with Gasteiger partial charge in [0.05, 0.1) is 12.1 Å². The van der Waals surface area contributed by atoms with Crippen LogP contribution in [0.2, 0.25) is 5.02 Å². The predicted molar refractivity (Wildman–Crippen MR) is 71.6 cm³/mol. The molecule has 1 heterocycles. The minimum absolute atomic E-state index is 0.0325. The van der Waals surface area contributed by atoms with Crippen LogP contribution in [0.4, 0.5) is 4.39 Å². The third kappa shape index (κ3) is 2.57. The summed E-state index contributed by atoms with van der Waals surface area (Å²) in [5, 5.41) is 0.775. The van der Waals surface area contributed by atoms with Crippen LogP contribution in [0, 0.1) is 5.82 Å². The molecule has 0 amide bonds. The van der Waals surface area contributed by atoms with E-state index in [1.54, 1.807) is 13.1 Å². The molecule has 0 bridgehead atoms. The molecule has 0 spiro atoms. The second-order valence-corrected chi connectivity index (χ2v) is 5.12. The lowest BCUT2D eigenvalue weighted by molar-refractivity contribution is -0.146. The first-order chi connectivity index (χ1) is 8.85. The Balaban J connectivity index is 2.42. The molecule has 1 unspecified atom stereocenters. The van der Waals surface area contributed by atoms with Gasteiger partial charge >= 0.3 is 5.97 Å². The Morgan fingerprint density at radius 3 is 2.89 bits per heavy atom. The van der Waals surface area contributed by atoms with Gasteiger partial charge in [0.15, 0.2) is 0 Å². The van der Waals surface area contributed by atoms with E-state index in [4.69, 9.17) is 17.3 Å². The molecule has 0 aliphatic heterocycles. The molecule has 2 aromatic rings. The van der Waals surface area contributed by atoms with Crippen LogP contribution in [-0.4, -0.2) is 23.6 Å². The van der Waals surface area contributed by atoms with Gasteiger partial charge in [-0.05, 0) is 24.6 Å². The first-order valence-electron chi connectivity index (χ1n) is 5.67. The van der Waals surface area contributed by atoms with E-state index in [-0.39, 0.29) is 11.4 Å². The summed E-state index contributed by atoms with van der Waals surface area (Å²) >= 11 is 5.77. The van der Waals surface area contributed by atoms with E-state index in [0.717, 1.165) is 10.9 Å². The molecule has 0 aliphatic carbocycles. The zero-order valence-corrected chi connectivity index (χ0v) is 11.3. The summed E-state index contributed by atoms with van der Waals surface area (Å²) in [4.78, 5) is 14.5. The van der Waals surface area contributed by atoms with Gasteiger partial charge < -0.3 is 15.5 Å². The number of esters is 1. The Bertz CT molecular complexity index is 637. The molecular formula is C13H14ClFN2O2. The molecule has 0 aliphatic rings. The molecule has 1 atom stereocenters.